The monoisotopic (exact) mass is 1190 g/mol. The first-order chi connectivity index (χ1) is 46.7. The molecule has 21 rings (SSSR count). The van der Waals surface area contributed by atoms with Crippen LogP contribution in [-0.2, 0) is 0 Å². The first-order valence-electron chi connectivity index (χ1n) is 32.4. The summed E-state index contributed by atoms with van der Waals surface area (Å²) in [6, 6.07) is 122. The third-order valence-corrected chi connectivity index (χ3v) is 20.3. The lowest BCUT2D eigenvalue weighted by atomic mass is 9.84. The average Bonchev–Trinajstić information content (AvgIpc) is 1.54. The van der Waals surface area contributed by atoms with Crippen LogP contribution in [0.1, 0.15) is 0 Å². The van der Waals surface area contributed by atoms with Crippen LogP contribution in [-0.4, -0.2) is 27.4 Å². The van der Waals surface area contributed by atoms with Crippen LogP contribution in [0.15, 0.2) is 328 Å². The lowest BCUT2D eigenvalue weighted by Gasteiger charge is -2.23. The molecule has 0 N–H and O–H groups in total. The number of para-hydroxylation sites is 8. The average molecular weight is 1200 g/mol. The van der Waals surface area contributed by atoms with Gasteiger partial charge in [-0.25, -0.2) is 0 Å². The van der Waals surface area contributed by atoms with Gasteiger partial charge in [0, 0.05) is 110 Å². The Morgan fingerprint density at radius 3 is 0.649 bits per heavy atom. The molecule has 20 aromatic rings. The van der Waals surface area contributed by atoms with Gasteiger partial charge >= 0.3 is 0 Å². The van der Waals surface area contributed by atoms with E-state index in [4.69, 9.17) is 0 Å². The number of hydrogen-bond acceptors (Lipinski definition) is 0. The summed E-state index contributed by atoms with van der Waals surface area (Å²) < 4.78 is 14.8. The summed E-state index contributed by atoms with van der Waals surface area (Å²) in [5.41, 5.74) is 28.1. The highest BCUT2D eigenvalue weighted by Crippen LogP contribution is 2.55. The minimum atomic E-state index is 1.09. The predicted octanol–water partition coefficient (Wildman–Crippen LogP) is 22.9. The second-order valence-corrected chi connectivity index (χ2v) is 25.1. The summed E-state index contributed by atoms with van der Waals surface area (Å²) in [5.74, 6) is 0. The van der Waals surface area contributed by atoms with Gasteiger partial charge < -0.3 is 27.4 Å². The quantitative estimate of drug-likeness (QED) is 0.159. The highest BCUT2D eigenvalue weighted by atomic mass is 15.0. The largest absolute Gasteiger partial charge is 0.309 e. The molecule has 0 atom stereocenters. The molecule has 6 aromatic heterocycles. The van der Waals surface area contributed by atoms with E-state index < -0.39 is 0 Å². The SMILES string of the molecule is c1ccc(-n2c3ccccc3c3cc4c(cc32)c2ccccc2n4-c2ccc(-n3c4c(c5ccccc53)-c3ccccc3-c3c(c5ccccc5n3-c3ccc(-n5c6ccccc6c6cc7c(cc65)c5ccccc5n7-c5ccccc5)cc3)-c3ccccc3-4)cc2)cc1. The molecule has 436 valence electrons. The maximum atomic E-state index is 2.53. The molecule has 0 amide bonds. The van der Waals surface area contributed by atoms with E-state index in [1.165, 1.54) is 143 Å². The number of aromatic nitrogens is 6. The second-order valence-electron chi connectivity index (χ2n) is 25.1. The van der Waals surface area contributed by atoms with Crippen molar-refractivity contribution in [2.75, 3.05) is 0 Å². The first kappa shape index (κ1) is 51.1. The van der Waals surface area contributed by atoms with E-state index in [-0.39, 0.29) is 0 Å². The molecule has 0 radical (unpaired) electrons. The summed E-state index contributed by atoms with van der Waals surface area (Å²) in [6.45, 7) is 0. The van der Waals surface area contributed by atoms with Crippen molar-refractivity contribution in [1.82, 2.24) is 27.4 Å². The van der Waals surface area contributed by atoms with Gasteiger partial charge in [0.1, 0.15) is 0 Å². The minimum absolute atomic E-state index is 1.09. The summed E-state index contributed by atoms with van der Waals surface area (Å²) >= 11 is 0. The molecule has 6 heteroatoms. The van der Waals surface area contributed by atoms with Crippen LogP contribution in [0.5, 0.6) is 0 Å². The lowest BCUT2D eigenvalue weighted by Crippen LogP contribution is -2.04. The van der Waals surface area contributed by atoms with Gasteiger partial charge in [0.2, 0.25) is 0 Å². The minimum Gasteiger partial charge on any atom is -0.309 e. The van der Waals surface area contributed by atoms with Crippen LogP contribution >= 0.6 is 0 Å². The molecule has 0 spiro atoms. The van der Waals surface area contributed by atoms with E-state index in [0.29, 0.717) is 0 Å². The molecule has 1 aliphatic carbocycles. The fourth-order valence-corrected chi connectivity index (χ4v) is 16.5. The Bertz CT molecular complexity index is 6160. The van der Waals surface area contributed by atoms with E-state index in [1.54, 1.807) is 0 Å². The van der Waals surface area contributed by atoms with Crippen molar-refractivity contribution in [3.63, 3.8) is 0 Å². The molecule has 0 unspecified atom stereocenters. The number of nitrogens with zero attached hydrogens (tertiary/aromatic N) is 6. The van der Waals surface area contributed by atoms with Crippen molar-refractivity contribution in [3.8, 4) is 78.9 Å². The maximum Gasteiger partial charge on any atom is 0.0625 e. The van der Waals surface area contributed by atoms with Gasteiger partial charge in [0.05, 0.1) is 66.6 Å². The number of benzene rings is 14. The molecule has 1 aliphatic rings. The Kier molecular flexibility index (Phi) is 10.6. The zero-order chi connectivity index (χ0) is 61.3. The maximum absolute atomic E-state index is 2.53. The lowest BCUT2D eigenvalue weighted by molar-refractivity contribution is 1.11. The van der Waals surface area contributed by atoms with Gasteiger partial charge in [0.25, 0.3) is 0 Å². The van der Waals surface area contributed by atoms with E-state index in [1.807, 2.05) is 0 Å². The summed E-state index contributed by atoms with van der Waals surface area (Å²) in [5, 5.41) is 12.2. The van der Waals surface area contributed by atoms with E-state index >= 15 is 0 Å². The van der Waals surface area contributed by atoms with Crippen molar-refractivity contribution in [1.29, 1.82) is 0 Å². The summed E-state index contributed by atoms with van der Waals surface area (Å²) in [7, 11) is 0. The van der Waals surface area contributed by atoms with Crippen LogP contribution < -0.4 is 0 Å². The van der Waals surface area contributed by atoms with Crippen molar-refractivity contribution in [2.45, 2.75) is 0 Å². The number of rotatable bonds is 6. The number of fused-ring (bicyclic) bond motifs is 24. The van der Waals surface area contributed by atoms with Gasteiger partial charge in [-0.05, 0) is 145 Å². The zero-order valence-corrected chi connectivity index (χ0v) is 50.9. The highest BCUT2D eigenvalue weighted by Gasteiger charge is 2.33. The fourth-order valence-electron chi connectivity index (χ4n) is 16.5. The zero-order valence-electron chi connectivity index (χ0n) is 50.9. The first-order valence-corrected chi connectivity index (χ1v) is 32.4. The highest BCUT2D eigenvalue weighted by molar-refractivity contribution is 6.22. The van der Waals surface area contributed by atoms with Crippen molar-refractivity contribution < 1.29 is 0 Å². The summed E-state index contributed by atoms with van der Waals surface area (Å²) in [6.07, 6.45) is 0. The molecule has 0 fully saturated rings. The Labute approximate surface area is 539 Å². The van der Waals surface area contributed by atoms with Crippen LogP contribution in [0.2, 0.25) is 0 Å². The van der Waals surface area contributed by atoms with Gasteiger partial charge in [-0.3, -0.25) is 0 Å². The molecule has 0 saturated carbocycles. The molecule has 94 heavy (non-hydrogen) atoms. The molecule has 6 heterocycles. The fraction of sp³-hybridized carbons (Fsp3) is 0. The van der Waals surface area contributed by atoms with Gasteiger partial charge in [0.15, 0.2) is 0 Å². The van der Waals surface area contributed by atoms with Crippen LogP contribution in [0, 0.1) is 0 Å². The smallest absolute Gasteiger partial charge is 0.0625 e. The molecular formula is C88H54N6. The van der Waals surface area contributed by atoms with Gasteiger partial charge in [-0.2, -0.15) is 0 Å². The number of hydrogen-bond donors (Lipinski definition) is 0. The van der Waals surface area contributed by atoms with Crippen molar-refractivity contribution in [3.05, 3.63) is 328 Å². The molecular weight excluding hydrogens is 1140 g/mol. The van der Waals surface area contributed by atoms with E-state index in [9.17, 15) is 0 Å². The Balaban J connectivity index is 0.739. The van der Waals surface area contributed by atoms with Gasteiger partial charge in [-0.1, -0.05) is 194 Å². The normalized spacial score (nSPS) is 12.3. The third-order valence-electron chi connectivity index (χ3n) is 20.3. The van der Waals surface area contributed by atoms with E-state index in [0.717, 1.165) is 45.2 Å². The topological polar surface area (TPSA) is 29.6 Å². The van der Waals surface area contributed by atoms with Crippen LogP contribution in [0.25, 0.3) is 188 Å². The molecule has 0 aliphatic heterocycles. The molecule has 0 saturated heterocycles. The Morgan fingerprint density at radius 1 is 0.138 bits per heavy atom. The van der Waals surface area contributed by atoms with Crippen molar-refractivity contribution >= 4 is 109 Å². The third kappa shape index (κ3) is 7.03. The Hall–Kier alpha value is -12.6. The second kappa shape index (κ2) is 19.4. The summed E-state index contributed by atoms with van der Waals surface area (Å²) in [4.78, 5) is 0. The molecule has 0 bridgehead atoms. The van der Waals surface area contributed by atoms with Crippen LogP contribution in [0.3, 0.4) is 0 Å². The van der Waals surface area contributed by atoms with Gasteiger partial charge in [-0.15, -0.1) is 0 Å². The van der Waals surface area contributed by atoms with Crippen LogP contribution in [0.4, 0.5) is 0 Å². The van der Waals surface area contributed by atoms with Crippen molar-refractivity contribution in [2.24, 2.45) is 0 Å². The standard InChI is InChI=1S/C88H54N6/c1-3-23-55(24-4-1)89-75-37-17-11-27-61(75)71-53-83-73(51-81(71)89)63-29-13-19-39-77(63)91(83)57-43-47-59(48-44-57)93-79-41-21-15-35-69(79)85-66-32-8-10-34-68(66)88-86(65-31-7-9-33-67(65)87(85)93)70-36-16-22-42-80(70)94(88)60-49-45-58(46-50-60)92-78-40-20-14-30-64(78)74-52-82-72(54-84(74)92)62-28-12-18-38-76(62)90(82)56-25-5-2-6-26-56/h1-54H. The molecule has 14 aromatic carbocycles. The molecule has 6 nitrogen and oxygen atoms in total. The Morgan fingerprint density at radius 2 is 0.351 bits per heavy atom. The van der Waals surface area contributed by atoms with E-state index in [2.05, 4.69) is 355 Å². The predicted molar refractivity (Wildman–Crippen MR) is 393 cm³/mol.